The number of aryl methyl sites for hydroxylation is 3. The van der Waals surface area contributed by atoms with Crippen LogP contribution in [0.1, 0.15) is 35.2 Å². The molecule has 0 aliphatic rings. The number of nitrogens with one attached hydrogen (secondary N) is 1. The van der Waals surface area contributed by atoms with Gasteiger partial charge in [-0.15, -0.1) is 0 Å². The Morgan fingerprint density at radius 1 is 1.11 bits per heavy atom. The topological polar surface area (TPSA) is 66.5 Å². The number of rotatable bonds is 6. The van der Waals surface area contributed by atoms with Crippen LogP contribution in [-0.4, -0.2) is 27.1 Å². The molecule has 146 valence electrons. The zero-order chi connectivity index (χ0) is 20.4. The monoisotopic (exact) mass is 392 g/mol. The van der Waals surface area contributed by atoms with E-state index in [9.17, 15) is 17.6 Å². The summed E-state index contributed by atoms with van der Waals surface area (Å²) in [7, 11) is -3.74. The molecule has 0 aromatic heterocycles. The van der Waals surface area contributed by atoms with Crippen LogP contribution in [0, 0.1) is 26.6 Å². The molecule has 2 aromatic rings. The molecule has 27 heavy (non-hydrogen) atoms. The maximum Gasteiger partial charge on any atom is 0.241 e. The Labute approximate surface area is 160 Å². The van der Waals surface area contributed by atoms with Gasteiger partial charge >= 0.3 is 0 Å². The third kappa shape index (κ3) is 5.29. The van der Waals surface area contributed by atoms with Crippen molar-refractivity contribution in [2.24, 2.45) is 0 Å². The second-order valence-electron chi connectivity index (χ2n) is 6.83. The van der Waals surface area contributed by atoms with Gasteiger partial charge in [-0.3, -0.25) is 9.10 Å². The summed E-state index contributed by atoms with van der Waals surface area (Å²) >= 11 is 0. The summed E-state index contributed by atoms with van der Waals surface area (Å²) in [5.41, 5.74) is 4.43. The summed E-state index contributed by atoms with van der Waals surface area (Å²) in [4.78, 5) is 12.5. The lowest BCUT2D eigenvalue weighted by Crippen LogP contribution is -2.41. The van der Waals surface area contributed by atoms with E-state index in [1.807, 2.05) is 33.8 Å². The number of benzene rings is 2. The number of anilines is 1. The number of carbonyl (C=O) groups excluding carboxylic acids is 1. The van der Waals surface area contributed by atoms with E-state index in [-0.39, 0.29) is 11.7 Å². The molecule has 0 aliphatic heterocycles. The van der Waals surface area contributed by atoms with Crippen molar-refractivity contribution in [1.82, 2.24) is 5.32 Å². The van der Waals surface area contributed by atoms with Crippen LogP contribution in [0.3, 0.4) is 0 Å². The van der Waals surface area contributed by atoms with Crippen LogP contribution in [0.2, 0.25) is 0 Å². The number of hydrogen-bond acceptors (Lipinski definition) is 3. The quantitative estimate of drug-likeness (QED) is 0.819. The number of amides is 1. The van der Waals surface area contributed by atoms with Gasteiger partial charge in [-0.05, 0) is 68.1 Å². The van der Waals surface area contributed by atoms with Gasteiger partial charge in [0, 0.05) is 0 Å². The fourth-order valence-electron chi connectivity index (χ4n) is 2.98. The highest BCUT2D eigenvalue weighted by Crippen LogP contribution is 2.22. The average Bonchev–Trinajstić information content (AvgIpc) is 2.54. The summed E-state index contributed by atoms with van der Waals surface area (Å²) in [6.07, 6.45) is 0.988. The van der Waals surface area contributed by atoms with Crippen LogP contribution in [0.15, 0.2) is 36.4 Å². The van der Waals surface area contributed by atoms with E-state index in [0.717, 1.165) is 33.3 Å². The SMILES string of the molecule is Cc1cc(C)c(C(C)NC(=O)CN(c2cccc(F)c2)S(C)(=O)=O)cc1C. The van der Waals surface area contributed by atoms with Gasteiger partial charge in [0.05, 0.1) is 18.0 Å². The first-order valence-electron chi connectivity index (χ1n) is 8.59. The van der Waals surface area contributed by atoms with Gasteiger partial charge in [0.1, 0.15) is 12.4 Å². The maximum absolute atomic E-state index is 13.5. The third-order valence-electron chi connectivity index (χ3n) is 4.51. The molecule has 0 fully saturated rings. The van der Waals surface area contributed by atoms with Crippen molar-refractivity contribution in [3.05, 3.63) is 64.5 Å². The lowest BCUT2D eigenvalue weighted by Gasteiger charge is -2.24. The highest BCUT2D eigenvalue weighted by atomic mass is 32.2. The van der Waals surface area contributed by atoms with Crippen molar-refractivity contribution in [1.29, 1.82) is 0 Å². The minimum absolute atomic E-state index is 0.114. The first kappa shape index (κ1) is 20.9. The van der Waals surface area contributed by atoms with Crippen molar-refractivity contribution in [2.75, 3.05) is 17.1 Å². The first-order valence-corrected chi connectivity index (χ1v) is 10.4. The van der Waals surface area contributed by atoms with Gasteiger partial charge in [0.2, 0.25) is 15.9 Å². The number of hydrogen-bond donors (Lipinski definition) is 1. The van der Waals surface area contributed by atoms with Crippen molar-refractivity contribution < 1.29 is 17.6 Å². The highest BCUT2D eigenvalue weighted by Gasteiger charge is 2.22. The summed E-state index contributed by atoms with van der Waals surface area (Å²) in [5.74, 6) is -1.03. The molecule has 2 aromatic carbocycles. The van der Waals surface area contributed by atoms with Gasteiger partial charge in [-0.25, -0.2) is 12.8 Å². The molecule has 0 spiro atoms. The molecular formula is C20H25FN2O3S. The standard InChI is InChI=1S/C20H25FN2O3S/c1-13-9-15(3)19(10-14(13)2)16(4)22-20(24)12-23(27(5,25)26)18-8-6-7-17(21)11-18/h6-11,16H,12H2,1-5H3,(H,22,24). The molecule has 1 unspecified atom stereocenters. The Morgan fingerprint density at radius 3 is 2.33 bits per heavy atom. The van der Waals surface area contributed by atoms with Crippen LogP contribution < -0.4 is 9.62 Å². The molecule has 1 amide bonds. The third-order valence-corrected chi connectivity index (χ3v) is 5.65. The van der Waals surface area contributed by atoms with Gasteiger partial charge in [0.15, 0.2) is 0 Å². The second-order valence-corrected chi connectivity index (χ2v) is 8.74. The van der Waals surface area contributed by atoms with Gasteiger partial charge in [-0.1, -0.05) is 18.2 Å². The fourth-order valence-corrected chi connectivity index (χ4v) is 3.82. The minimum Gasteiger partial charge on any atom is -0.348 e. The molecular weight excluding hydrogens is 367 g/mol. The lowest BCUT2D eigenvalue weighted by atomic mass is 9.96. The maximum atomic E-state index is 13.5. The van der Waals surface area contributed by atoms with Gasteiger partial charge in [0.25, 0.3) is 0 Å². The zero-order valence-corrected chi connectivity index (χ0v) is 17.0. The van der Waals surface area contributed by atoms with E-state index in [0.29, 0.717) is 0 Å². The highest BCUT2D eigenvalue weighted by molar-refractivity contribution is 7.92. The van der Waals surface area contributed by atoms with Gasteiger partial charge < -0.3 is 5.32 Å². The molecule has 1 atom stereocenters. The van der Waals surface area contributed by atoms with Crippen LogP contribution in [0.5, 0.6) is 0 Å². The molecule has 2 rings (SSSR count). The van der Waals surface area contributed by atoms with E-state index in [2.05, 4.69) is 11.4 Å². The average molecular weight is 392 g/mol. The molecule has 0 saturated heterocycles. The van der Waals surface area contributed by atoms with E-state index in [1.54, 1.807) is 0 Å². The molecule has 0 radical (unpaired) electrons. The fraction of sp³-hybridized carbons (Fsp3) is 0.350. The number of sulfonamides is 1. The van der Waals surface area contributed by atoms with Crippen LogP contribution in [0.4, 0.5) is 10.1 Å². The smallest absolute Gasteiger partial charge is 0.241 e. The molecule has 0 heterocycles. The lowest BCUT2D eigenvalue weighted by molar-refractivity contribution is -0.120. The molecule has 0 bridgehead atoms. The zero-order valence-electron chi connectivity index (χ0n) is 16.2. The molecule has 1 N–H and O–H groups in total. The van der Waals surface area contributed by atoms with Gasteiger partial charge in [-0.2, -0.15) is 0 Å². The number of nitrogens with zero attached hydrogens (tertiary/aromatic N) is 1. The number of carbonyl (C=O) groups is 1. The predicted molar refractivity (Wildman–Crippen MR) is 106 cm³/mol. The Kier molecular flexibility index (Phi) is 6.26. The largest absolute Gasteiger partial charge is 0.348 e. The normalized spacial score (nSPS) is 12.5. The van der Waals surface area contributed by atoms with Crippen molar-refractivity contribution in [3.63, 3.8) is 0 Å². The molecule has 0 saturated carbocycles. The van der Waals surface area contributed by atoms with E-state index in [1.165, 1.54) is 23.8 Å². The Hall–Kier alpha value is -2.41. The Morgan fingerprint density at radius 2 is 1.74 bits per heavy atom. The van der Waals surface area contributed by atoms with E-state index >= 15 is 0 Å². The summed E-state index contributed by atoms with van der Waals surface area (Å²) < 4.78 is 38.6. The molecule has 7 heteroatoms. The summed E-state index contributed by atoms with van der Waals surface area (Å²) in [6.45, 7) is 7.43. The molecule has 5 nitrogen and oxygen atoms in total. The summed E-state index contributed by atoms with van der Waals surface area (Å²) in [5, 5.41) is 2.83. The Bertz CT molecular complexity index is 958. The second kappa shape index (κ2) is 8.08. The Balaban J connectivity index is 2.20. The van der Waals surface area contributed by atoms with Crippen molar-refractivity contribution in [3.8, 4) is 0 Å². The molecule has 0 aliphatic carbocycles. The van der Waals surface area contributed by atoms with Crippen LogP contribution in [-0.2, 0) is 14.8 Å². The van der Waals surface area contributed by atoms with E-state index in [4.69, 9.17) is 0 Å². The van der Waals surface area contributed by atoms with Crippen LogP contribution >= 0.6 is 0 Å². The van der Waals surface area contributed by atoms with Crippen molar-refractivity contribution >= 4 is 21.6 Å². The van der Waals surface area contributed by atoms with Crippen molar-refractivity contribution in [2.45, 2.75) is 33.7 Å². The number of halogens is 1. The predicted octanol–water partition coefficient (Wildman–Crippen LogP) is 3.39. The first-order chi connectivity index (χ1) is 12.5. The minimum atomic E-state index is -3.74. The van der Waals surface area contributed by atoms with E-state index < -0.39 is 28.3 Å². The summed E-state index contributed by atoms with van der Waals surface area (Å²) in [6, 6.07) is 8.96. The van der Waals surface area contributed by atoms with Crippen LogP contribution in [0.25, 0.3) is 0 Å².